The zero-order valence-electron chi connectivity index (χ0n) is 19.0. The summed E-state index contributed by atoms with van der Waals surface area (Å²) in [5.74, 6) is 2.17. The van der Waals surface area contributed by atoms with Gasteiger partial charge < -0.3 is 9.47 Å². The van der Waals surface area contributed by atoms with Crippen molar-refractivity contribution in [3.63, 3.8) is 0 Å². The maximum absolute atomic E-state index is 11.6. The molecule has 0 amide bonds. The lowest BCUT2D eigenvalue weighted by Crippen LogP contribution is -2.31. The van der Waals surface area contributed by atoms with E-state index in [1.807, 2.05) is 6.07 Å². The molecule has 4 atom stereocenters. The number of ether oxygens (including phenoxy) is 2. The summed E-state index contributed by atoms with van der Waals surface area (Å²) in [6.45, 7) is 2.66. The topological polar surface area (TPSA) is 69.9 Å². The Bertz CT molecular complexity index is 1260. The van der Waals surface area contributed by atoms with Crippen molar-refractivity contribution in [1.29, 1.82) is 0 Å². The van der Waals surface area contributed by atoms with E-state index in [9.17, 15) is 9.59 Å². The van der Waals surface area contributed by atoms with E-state index in [4.69, 9.17) is 14.5 Å². The number of benzene rings is 1. The van der Waals surface area contributed by atoms with E-state index in [-0.39, 0.29) is 16.9 Å². The zero-order chi connectivity index (χ0) is 22.7. The number of hydrogen-bond acceptors (Lipinski definition) is 6. The van der Waals surface area contributed by atoms with Crippen molar-refractivity contribution in [3.8, 4) is 22.8 Å². The first-order chi connectivity index (χ1) is 15.9. The Morgan fingerprint density at radius 2 is 1.85 bits per heavy atom. The second kappa shape index (κ2) is 7.69. The van der Waals surface area contributed by atoms with Gasteiger partial charge in [-0.2, -0.15) is 0 Å². The highest BCUT2D eigenvalue weighted by atomic mass is 32.1. The Morgan fingerprint density at radius 1 is 1.06 bits per heavy atom. The lowest BCUT2D eigenvalue weighted by molar-refractivity contribution is -0.134. The highest BCUT2D eigenvalue weighted by Crippen LogP contribution is 2.60. The number of thiazole rings is 1. The van der Waals surface area contributed by atoms with Gasteiger partial charge in [0.1, 0.15) is 0 Å². The summed E-state index contributed by atoms with van der Waals surface area (Å²) in [5.41, 5.74) is 3.38. The predicted molar refractivity (Wildman–Crippen MR) is 126 cm³/mol. The van der Waals surface area contributed by atoms with E-state index in [2.05, 4.69) is 16.0 Å². The Morgan fingerprint density at radius 3 is 2.67 bits per heavy atom. The molecule has 2 aromatic heterocycles. The fraction of sp³-hybridized carbons (Fsp3) is 0.500. The van der Waals surface area contributed by atoms with Gasteiger partial charge in [-0.15, -0.1) is 11.3 Å². The van der Waals surface area contributed by atoms with Gasteiger partial charge in [-0.25, -0.2) is 4.98 Å². The molecule has 1 aromatic carbocycles. The molecule has 0 N–H and O–H groups in total. The quantitative estimate of drug-likeness (QED) is 0.362. The lowest BCUT2D eigenvalue weighted by atomic mass is 9.68. The van der Waals surface area contributed by atoms with E-state index in [1.165, 1.54) is 64.5 Å². The van der Waals surface area contributed by atoms with Crippen molar-refractivity contribution in [3.05, 3.63) is 35.5 Å². The SMILES string of the molecule is CC(=O)Oc1ccc(-c2csc3nc(C45CC6CCCC(C4)C(C6)C5)cn23)cc1OC(C)=O. The monoisotopic (exact) mass is 464 g/mol. The molecule has 3 saturated carbocycles. The lowest BCUT2D eigenvalue weighted by Gasteiger charge is -2.36. The smallest absolute Gasteiger partial charge is 0.308 e. The van der Waals surface area contributed by atoms with Crippen LogP contribution in [-0.2, 0) is 15.0 Å². The summed E-state index contributed by atoms with van der Waals surface area (Å²) in [6, 6.07) is 5.33. The molecule has 6 rings (SSSR count). The molecule has 3 aliphatic carbocycles. The molecule has 0 saturated heterocycles. The second-order valence-electron chi connectivity index (χ2n) is 10.2. The minimum absolute atomic E-state index is 0.240. The summed E-state index contributed by atoms with van der Waals surface area (Å²) in [4.78, 5) is 29.2. The number of nitrogens with zero attached hydrogens (tertiary/aromatic N) is 2. The van der Waals surface area contributed by atoms with E-state index < -0.39 is 11.9 Å². The molecule has 3 aromatic rings. The summed E-state index contributed by atoms with van der Waals surface area (Å²) in [7, 11) is 0. The molecular formula is C26H28N2O4S. The number of esters is 2. The first kappa shape index (κ1) is 20.9. The standard InChI is InChI=1S/C26H28N2O4S/c1-15(29)31-22-7-6-18(9-23(22)32-16(2)30)21-14-33-25-27-24(13-28(21)25)26-10-17-4-3-5-19(11-26)20(8-17)12-26/h6-7,9,13-14,17,19-20H,3-5,8,10-12H2,1-2H3. The number of fused-ring (bicyclic) bond motifs is 3. The van der Waals surface area contributed by atoms with Gasteiger partial charge in [-0.3, -0.25) is 14.0 Å². The molecule has 2 heterocycles. The molecule has 4 unspecified atom stereocenters. The van der Waals surface area contributed by atoms with Crippen LogP contribution in [0.4, 0.5) is 0 Å². The zero-order valence-corrected chi connectivity index (χ0v) is 19.8. The highest BCUT2D eigenvalue weighted by molar-refractivity contribution is 7.15. The van der Waals surface area contributed by atoms with Gasteiger partial charge in [0.2, 0.25) is 0 Å². The molecule has 3 aliphatic rings. The molecular weight excluding hydrogens is 436 g/mol. The maximum atomic E-state index is 11.6. The van der Waals surface area contributed by atoms with Crippen LogP contribution in [0.3, 0.4) is 0 Å². The van der Waals surface area contributed by atoms with E-state index >= 15 is 0 Å². The summed E-state index contributed by atoms with van der Waals surface area (Å²) >= 11 is 1.63. The molecule has 33 heavy (non-hydrogen) atoms. The first-order valence-electron chi connectivity index (χ1n) is 11.9. The minimum atomic E-state index is -0.460. The molecule has 0 radical (unpaired) electrons. The van der Waals surface area contributed by atoms with Crippen molar-refractivity contribution >= 4 is 28.2 Å². The van der Waals surface area contributed by atoms with Crippen molar-refractivity contribution in [2.24, 2.45) is 17.8 Å². The highest BCUT2D eigenvalue weighted by Gasteiger charge is 2.53. The minimum Gasteiger partial charge on any atom is -0.423 e. The van der Waals surface area contributed by atoms with E-state index in [1.54, 1.807) is 23.5 Å². The van der Waals surface area contributed by atoms with E-state index in [0.29, 0.717) is 0 Å². The van der Waals surface area contributed by atoms with E-state index in [0.717, 1.165) is 34.0 Å². The maximum Gasteiger partial charge on any atom is 0.308 e. The van der Waals surface area contributed by atoms with Crippen LogP contribution in [0.2, 0.25) is 0 Å². The summed E-state index contributed by atoms with van der Waals surface area (Å²) in [5, 5.41) is 2.08. The number of aromatic nitrogens is 2. The van der Waals surface area contributed by atoms with Gasteiger partial charge >= 0.3 is 11.9 Å². The Kier molecular flexibility index (Phi) is 4.87. The molecule has 7 heteroatoms. The summed E-state index contributed by atoms with van der Waals surface area (Å²) < 4.78 is 12.7. The number of hydrogen-bond donors (Lipinski definition) is 0. The van der Waals surface area contributed by atoms with Crippen LogP contribution >= 0.6 is 11.3 Å². The van der Waals surface area contributed by atoms with Gasteiger partial charge in [0.25, 0.3) is 0 Å². The normalized spacial score (nSPS) is 28.1. The fourth-order valence-electron chi connectivity index (χ4n) is 6.86. The average Bonchev–Trinajstić information content (AvgIpc) is 3.38. The number of carbonyl (C=O) groups is 2. The van der Waals surface area contributed by atoms with Crippen molar-refractivity contribution in [1.82, 2.24) is 9.38 Å². The first-order valence-corrected chi connectivity index (χ1v) is 12.8. The predicted octanol–water partition coefficient (Wildman–Crippen LogP) is 5.77. The van der Waals surface area contributed by atoms with Crippen LogP contribution in [0.5, 0.6) is 11.5 Å². The molecule has 172 valence electrons. The van der Waals surface area contributed by atoms with Crippen LogP contribution in [0.1, 0.15) is 64.5 Å². The average molecular weight is 465 g/mol. The largest absolute Gasteiger partial charge is 0.423 e. The van der Waals surface area contributed by atoms with Gasteiger partial charge in [0, 0.05) is 36.4 Å². The van der Waals surface area contributed by atoms with Crippen LogP contribution in [0, 0.1) is 17.8 Å². The molecule has 0 aliphatic heterocycles. The Hall–Kier alpha value is -2.67. The summed E-state index contributed by atoms with van der Waals surface area (Å²) in [6.07, 6.45) is 11.7. The van der Waals surface area contributed by atoms with Crippen molar-refractivity contribution in [2.75, 3.05) is 0 Å². The van der Waals surface area contributed by atoms with Crippen LogP contribution in [0.25, 0.3) is 16.2 Å². The number of imidazole rings is 1. The van der Waals surface area contributed by atoms with Crippen molar-refractivity contribution < 1.29 is 19.1 Å². The van der Waals surface area contributed by atoms with Crippen LogP contribution < -0.4 is 9.47 Å². The molecule has 3 bridgehead atoms. The molecule has 0 spiro atoms. The molecule has 3 fully saturated rings. The number of carbonyl (C=O) groups excluding carboxylic acids is 2. The van der Waals surface area contributed by atoms with Gasteiger partial charge in [-0.1, -0.05) is 19.3 Å². The number of rotatable bonds is 4. The Balaban J connectivity index is 1.38. The van der Waals surface area contributed by atoms with Gasteiger partial charge in [-0.05, 0) is 61.6 Å². The molecule has 6 nitrogen and oxygen atoms in total. The van der Waals surface area contributed by atoms with Crippen LogP contribution in [-0.4, -0.2) is 21.3 Å². The fourth-order valence-corrected chi connectivity index (χ4v) is 7.74. The Labute approximate surface area is 196 Å². The van der Waals surface area contributed by atoms with Gasteiger partial charge in [0.05, 0.1) is 11.4 Å². The third-order valence-corrected chi connectivity index (χ3v) is 8.81. The third kappa shape index (κ3) is 3.57. The van der Waals surface area contributed by atoms with Crippen LogP contribution in [0.15, 0.2) is 29.8 Å². The third-order valence-electron chi connectivity index (χ3n) is 7.97. The second-order valence-corrected chi connectivity index (χ2v) is 11.0. The van der Waals surface area contributed by atoms with Gasteiger partial charge in [0.15, 0.2) is 16.5 Å². The van der Waals surface area contributed by atoms with Crippen molar-refractivity contribution in [2.45, 2.75) is 64.2 Å².